The minimum Gasteiger partial charge on any atom is -0.367 e. The second-order valence-corrected chi connectivity index (χ2v) is 4.86. The third-order valence-corrected chi connectivity index (χ3v) is 3.41. The van der Waals surface area contributed by atoms with Crippen LogP contribution < -0.4 is 5.32 Å². The summed E-state index contributed by atoms with van der Waals surface area (Å²) in [4.78, 5) is 4.62. The van der Waals surface area contributed by atoms with Gasteiger partial charge in [0.25, 0.3) is 0 Å². The average molecular weight is 230 g/mol. The van der Waals surface area contributed by atoms with Crippen LogP contribution in [0, 0.1) is 6.92 Å². The second-order valence-electron chi connectivity index (χ2n) is 4.86. The number of hydrogen-bond donors (Lipinski definition) is 1. The highest BCUT2D eigenvalue weighted by atomic mass is 15.0. The first-order valence-electron chi connectivity index (χ1n) is 6.63. The number of nitrogens with one attached hydrogen (secondary N) is 1. The number of aliphatic imine (C=N–C) groups is 1. The minimum atomic E-state index is 0.355. The Labute approximate surface area is 104 Å². The van der Waals surface area contributed by atoms with Gasteiger partial charge < -0.3 is 5.32 Å². The molecule has 17 heavy (non-hydrogen) atoms. The van der Waals surface area contributed by atoms with Crippen molar-refractivity contribution in [3.05, 3.63) is 35.4 Å². The van der Waals surface area contributed by atoms with Gasteiger partial charge in [-0.05, 0) is 37.8 Å². The quantitative estimate of drug-likeness (QED) is 0.824. The van der Waals surface area contributed by atoms with Gasteiger partial charge in [-0.25, -0.2) is 0 Å². The second kappa shape index (κ2) is 5.85. The van der Waals surface area contributed by atoms with Gasteiger partial charge >= 0.3 is 0 Å². The first-order chi connectivity index (χ1) is 8.27. The zero-order chi connectivity index (χ0) is 12.1. The molecule has 0 aliphatic carbocycles. The van der Waals surface area contributed by atoms with E-state index in [1.165, 1.54) is 36.2 Å². The number of nitrogens with zero attached hydrogens (tertiary/aromatic N) is 1. The molecule has 1 N–H and O–H groups in total. The Morgan fingerprint density at radius 1 is 1.18 bits per heavy atom. The maximum Gasteiger partial charge on any atom is 0.0967 e. The highest BCUT2D eigenvalue weighted by Crippen LogP contribution is 2.17. The van der Waals surface area contributed by atoms with Crippen molar-refractivity contribution in [2.24, 2.45) is 4.99 Å². The number of amidine groups is 1. The minimum absolute atomic E-state index is 0.355. The lowest BCUT2D eigenvalue weighted by Crippen LogP contribution is -2.27. The molecule has 0 fully saturated rings. The van der Waals surface area contributed by atoms with Crippen LogP contribution in [0.25, 0.3) is 0 Å². The van der Waals surface area contributed by atoms with E-state index in [2.05, 4.69) is 48.4 Å². The zero-order valence-electron chi connectivity index (χ0n) is 10.9. The summed E-state index contributed by atoms with van der Waals surface area (Å²) in [5.41, 5.74) is 2.72. The first kappa shape index (κ1) is 12.2. The Kier molecular flexibility index (Phi) is 4.18. The molecule has 1 heterocycles. The van der Waals surface area contributed by atoms with Crippen LogP contribution in [0.1, 0.15) is 49.8 Å². The largest absolute Gasteiger partial charge is 0.367 e. The van der Waals surface area contributed by atoms with Crippen LogP contribution in [0.15, 0.2) is 29.3 Å². The van der Waals surface area contributed by atoms with E-state index < -0.39 is 0 Å². The predicted octanol–water partition coefficient (Wildman–Crippen LogP) is 3.62. The fourth-order valence-corrected chi connectivity index (χ4v) is 2.39. The first-order valence-corrected chi connectivity index (χ1v) is 6.63. The van der Waals surface area contributed by atoms with E-state index in [9.17, 15) is 0 Å². The zero-order valence-corrected chi connectivity index (χ0v) is 10.9. The molecule has 2 rings (SSSR count). The Bertz CT molecular complexity index is 396. The normalized spacial score (nSPS) is 18.1. The molecule has 0 radical (unpaired) electrons. The van der Waals surface area contributed by atoms with Crippen LogP contribution >= 0.6 is 0 Å². The predicted molar refractivity (Wildman–Crippen MR) is 73.5 cm³/mol. The highest BCUT2D eigenvalue weighted by molar-refractivity contribution is 5.82. The summed E-state index contributed by atoms with van der Waals surface area (Å²) >= 11 is 0. The van der Waals surface area contributed by atoms with Gasteiger partial charge in [-0.15, -0.1) is 0 Å². The third kappa shape index (κ3) is 3.32. The van der Waals surface area contributed by atoms with Crippen molar-refractivity contribution in [3.8, 4) is 0 Å². The van der Waals surface area contributed by atoms with Crippen molar-refractivity contribution in [2.75, 3.05) is 6.54 Å². The SMILES string of the molecule is Cc1ccccc1[C@@H](C)NC1=NCCCCC1. The summed E-state index contributed by atoms with van der Waals surface area (Å²) in [7, 11) is 0. The van der Waals surface area contributed by atoms with E-state index in [4.69, 9.17) is 0 Å². The molecule has 92 valence electrons. The van der Waals surface area contributed by atoms with E-state index in [0.29, 0.717) is 6.04 Å². The van der Waals surface area contributed by atoms with Gasteiger partial charge in [0.05, 0.1) is 5.84 Å². The summed E-state index contributed by atoms with van der Waals surface area (Å²) in [5, 5.41) is 3.57. The molecule has 0 unspecified atom stereocenters. The summed E-state index contributed by atoms with van der Waals surface area (Å²) in [6.45, 7) is 5.38. The van der Waals surface area contributed by atoms with Crippen LogP contribution in [0.4, 0.5) is 0 Å². The van der Waals surface area contributed by atoms with Gasteiger partial charge in [-0.1, -0.05) is 30.7 Å². The molecule has 0 amide bonds. The lowest BCUT2D eigenvalue weighted by atomic mass is 10.0. The standard InChI is InChI=1S/C15H22N2/c1-12-8-5-6-9-14(12)13(2)17-15-10-4-3-7-11-16-15/h5-6,8-9,13H,3-4,7,10-11H2,1-2H3,(H,16,17)/t13-/m1/s1. The molecule has 1 aromatic carbocycles. The summed E-state index contributed by atoms with van der Waals surface area (Å²) < 4.78 is 0. The van der Waals surface area contributed by atoms with E-state index in [1.54, 1.807) is 0 Å². The fourth-order valence-electron chi connectivity index (χ4n) is 2.39. The molecular weight excluding hydrogens is 208 g/mol. The maximum atomic E-state index is 4.62. The average Bonchev–Trinajstić information content (AvgIpc) is 2.58. The van der Waals surface area contributed by atoms with Crippen molar-refractivity contribution in [1.29, 1.82) is 0 Å². The van der Waals surface area contributed by atoms with Crippen LogP contribution in [0.2, 0.25) is 0 Å². The molecule has 0 saturated carbocycles. The lowest BCUT2D eigenvalue weighted by Gasteiger charge is -2.18. The Morgan fingerprint density at radius 2 is 2.00 bits per heavy atom. The molecule has 2 nitrogen and oxygen atoms in total. The molecule has 1 aliphatic heterocycles. The summed E-state index contributed by atoms with van der Waals surface area (Å²) in [6, 6.07) is 8.92. The fraction of sp³-hybridized carbons (Fsp3) is 0.533. The van der Waals surface area contributed by atoms with Crippen molar-refractivity contribution in [3.63, 3.8) is 0 Å². The number of aryl methyl sites for hydroxylation is 1. The van der Waals surface area contributed by atoms with Crippen LogP contribution in [0.3, 0.4) is 0 Å². The number of benzene rings is 1. The number of hydrogen-bond acceptors (Lipinski definition) is 2. The van der Waals surface area contributed by atoms with E-state index in [-0.39, 0.29) is 0 Å². The lowest BCUT2D eigenvalue weighted by molar-refractivity contribution is 0.690. The van der Waals surface area contributed by atoms with Crippen molar-refractivity contribution in [1.82, 2.24) is 5.32 Å². The molecule has 0 spiro atoms. The molecule has 2 heteroatoms. The highest BCUT2D eigenvalue weighted by Gasteiger charge is 2.11. The molecule has 1 aliphatic rings. The molecule has 0 bridgehead atoms. The van der Waals surface area contributed by atoms with Gasteiger partial charge in [0.1, 0.15) is 0 Å². The van der Waals surface area contributed by atoms with Gasteiger partial charge in [-0.2, -0.15) is 0 Å². The van der Waals surface area contributed by atoms with E-state index in [0.717, 1.165) is 13.0 Å². The van der Waals surface area contributed by atoms with E-state index in [1.807, 2.05) is 0 Å². The molecule has 0 aromatic heterocycles. The van der Waals surface area contributed by atoms with Gasteiger partial charge in [0, 0.05) is 19.0 Å². The molecule has 1 aromatic rings. The molecule has 1 atom stereocenters. The molecule has 0 saturated heterocycles. The van der Waals surface area contributed by atoms with Crippen LogP contribution in [-0.4, -0.2) is 12.4 Å². The Hall–Kier alpha value is -1.31. The van der Waals surface area contributed by atoms with Crippen molar-refractivity contribution in [2.45, 2.75) is 45.6 Å². The van der Waals surface area contributed by atoms with Crippen LogP contribution in [0.5, 0.6) is 0 Å². The van der Waals surface area contributed by atoms with Crippen molar-refractivity contribution >= 4 is 5.84 Å². The Morgan fingerprint density at radius 3 is 2.82 bits per heavy atom. The van der Waals surface area contributed by atoms with Gasteiger partial charge in [0.15, 0.2) is 0 Å². The summed E-state index contributed by atoms with van der Waals surface area (Å²) in [6.07, 6.45) is 4.93. The van der Waals surface area contributed by atoms with Crippen molar-refractivity contribution < 1.29 is 0 Å². The van der Waals surface area contributed by atoms with Gasteiger partial charge in [-0.3, -0.25) is 4.99 Å². The third-order valence-electron chi connectivity index (χ3n) is 3.41. The van der Waals surface area contributed by atoms with Crippen LogP contribution in [-0.2, 0) is 0 Å². The van der Waals surface area contributed by atoms with Gasteiger partial charge in [0.2, 0.25) is 0 Å². The topological polar surface area (TPSA) is 24.4 Å². The van der Waals surface area contributed by atoms with E-state index >= 15 is 0 Å². The molecular formula is C15H22N2. The number of rotatable bonds is 2. The Balaban J connectivity index is 2.03. The monoisotopic (exact) mass is 230 g/mol. The summed E-state index contributed by atoms with van der Waals surface area (Å²) in [5.74, 6) is 1.19. The smallest absolute Gasteiger partial charge is 0.0967 e. The maximum absolute atomic E-state index is 4.62.